The van der Waals surface area contributed by atoms with Gasteiger partial charge in [0.1, 0.15) is 22.5 Å². The van der Waals surface area contributed by atoms with E-state index in [4.69, 9.17) is 9.52 Å². The molecule has 3 rings (SSSR count). The van der Waals surface area contributed by atoms with Gasteiger partial charge in [0.15, 0.2) is 17.3 Å². The topological polar surface area (TPSA) is 169 Å². The van der Waals surface area contributed by atoms with Gasteiger partial charge in [0, 0.05) is 24.1 Å². The molecule has 2 aromatic carbocycles. The lowest BCUT2D eigenvalue weighted by molar-refractivity contribution is -0.137. The average Bonchev–Trinajstić information content (AvgIpc) is 3.08. The molecule has 3 aromatic rings. The molecule has 0 unspecified atom stereocenters. The first-order chi connectivity index (χ1) is 24.1. The molecule has 0 bridgehead atoms. The number of aliphatic carboxylic acids is 1. The highest BCUT2D eigenvalue weighted by molar-refractivity contribution is 5.88. The molecule has 0 saturated heterocycles. The van der Waals surface area contributed by atoms with E-state index < -0.39 is 28.6 Å². The maximum Gasteiger partial charge on any atom is 0.303 e. The maximum absolute atomic E-state index is 12.1. The van der Waals surface area contributed by atoms with Gasteiger partial charge in [-0.25, -0.2) is 0 Å². The smallest absolute Gasteiger partial charge is 0.303 e. The van der Waals surface area contributed by atoms with Crippen molar-refractivity contribution in [3.05, 3.63) is 77.0 Å². The van der Waals surface area contributed by atoms with Gasteiger partial charge < -0.3 is 35.1 Å². The molecule has 1 heterocycles. The molecule has 0 fully saturated rings. The largest absolute Gasteiger partial charge is 0.508 e. The molecule has 0 atom stereocenters. The van der Waals surface area contributed by atoms with E-state index in [2.05, 4.69) is 43.4 Å². The van der Waals surface area contributed by atoms with Crippen LogP contribution < -0.4 is 5.43 Å². The summed E-state index contributed by atoms with van der Waals surface area (Å²) in [5.41, 5.74) is -0.890. The van der Waals surface area contributed by atoms with Gasteiger partial charge in [-0.05, 0) is 56.7 Å². The van der Waals surface area contributed by atoms with E-state index in [0.717, 1.165) is 49.9 Å². The number of carboxylic acids is 1. The minimum Gasteiger partial charge on any atom is -0.508 e. The molecule has 0 radical (unpaired) electrons. The number of hydrogen-bond acceptors (Lipinski definition) is 8. The van der Waals surface area contributed by atoms with E-state index in [1.54, 1.807) is 0 Å². The Bertz CT molecular complexity index is 1580. The summed E-state index contributed by atoms with van der Waals surface area (Å²) in [5.74, 6) is -3.42. The van der Waals surface area contributed by atoms with Gasteiger partial charge in [-0.2, -0.15) is 0 Å². The number of hydrogen-bond donors (Lipinski definition) is 6. The molecule has 0 aliphatic carbocycles. The van der Waals surface area contributed by atoms with Crippen LogP contribution in [0.2, 0.25) is 0 Å². The van der Waals surface area contributed by atoms with Crippen molar-refractivity contribution in [1.29, 1.82) is 0 Å². The van der Waals surface area contributed by atoms with Crippen LogP contribution in [0.25, 0.3) is 22.3 Å². The summed E-state index contributed by atoms with van der Waals surface area (Å²) < 4.78 is 5.35. The first-order valence-corrected chi connectivity index (χ1v) is 18.1. The number of carboxylic acid groups (broad SMARTS) is 1. The number of carbonyl (C=O) groups is 1. The van der Waals surface area contributed by atoms with Crippen LogP contribution >= 0.6 is 0 Å². The van der Waals surface area contributed by atoms with Crippen LogP contribution in [0.5, 0.6) is 28.7 Å². The number of phenolic OH excluding ortho intramolecular Hbond substituents is 4. The van der Waals surface area contributed by atoms with E-state index in [-0.39, 0.29) is 40.2 Å². The summed E-state index contributed by atoms with van der Waals surface area (Å²) in [7, 11) is 0. The number of unbranched alkanes of at least 4 members (excludes halogenated alkanes) is 13. The van der Waals surface area contributed by atoms with Gasteiger partial charge in [0.25, 0.3) is 0 Å². The van der Waals surface area contributed by atoms with Crippen LogP contribution in [0.3, 0.4) is 0 Å². The van der Waals surface area contributed by atoms with Crippen LogP contribution in [-0.2, 0) is 4.79 Å². The third-order valence-corrected chi connectivity index (χ3v) is 8.20. The monoisotopic (exact) mass is 692 g/mol. The Kier molecular flexibility index (Phi) is 20.3. The van der Waals surface area contributed by atoms with E-state index in [9.17, 15) is 35.1 Å². The summed E-state index contributed by atoms with van der Waals surface area (Å²) >= 11 is 0. The second-order valence-electron chi connectivity index (χ2n) is 12.5. The number of rotatable bonds is 22. The molecule has 1 aromatic heterocycles. The Morgan fingerprint density at radius 1 is 0.640 bits per heavy atom. The fourth-order valence-corrected chi connectivity index (χ4v) is 5.39. The van der Waals surface area contributed by atoms with Crippen LogP contribution in [0.1, 0.15) is 122 Å². The van der Waals surface area contributed by atoms with Crippen molar-refractivity contribution >= 4 is 16.9 Å². The number of fused-ring (bicyclic) bond motifs is 1. The SMILES string of the molecule is CCCCCCCCCCCCCCC=CCC=CCC=CCCCC(=O)O.O=c1c(O)c(-c2ccc(O)c(O)c2)oc2cc(O)cc(O)c12. The molecule has 0 amide bonds. The van der Waals surface area contributed by atoms with Crippen LogP contribution in [0.15, 0.2) is 76.0 Å². The quantitative estimate of drug-likeness (QED) is 0.0341. The second kappa shape index (κ2) is 24.5. The molecule has 9 heteroatoms. The summed E-state index contributed by atoms with van der Waals surface area (Å²) in [5, 5.41) is 56.2. The predicted octanol–water partition coefficient (Wildman–Crippen LogP) is 10.8. The minimum atomic E-state index is -0.888. The first-order valence-electron chi connectivity index (χ1n) is 18.1. The summed E-state index contributed by atoms with van der Waals surface area (Å²) in [6, 6.07) is 5.64. The summed E-state index contributed by atoms with van der Waals surface area (Å²) in [6.07, 6.45) is 35.2. The van der Waals surface area contributed by atoms with E-state index in [0.29, 0.717) is 0 Å². The number of aromatic hydroxyl groups is 5. The van der Waals surface area contributed by atoms with E-state index in [1.165, 1.54) is 89.5 Å². The highest BCUT2D eigenvalue weighted by Crippen LogP contribution is 2.37. The Balaban J connectivity index is 0.000000354. The van der Waals surface area contributed by atoms with Crippen molar-refractivity contribution in [3.63, 3.8) is 0 Å². The molecule has 0 aliphatic rings. The van der Waals surface area contributed by atoms with Crippen LogP contribution in [0.4, 0.5) is 0 Å². The normalized spacial score (nSPS) is 11.5. The molecule has 274 valence electrons. The Morgan fingerprint density at radius 3 is 1.74 bits per heavy atom. The number of allylic oxidation sites excluding steroid dienone is 6. The Hall–Kier alpha value is -4.66. The zero-order chi connectivity index (χ0) is 36.6. The highest BCUT2D eigenvalue weighted by Gasteiger charge is 2.19. The average molecular weight is 693 g/mol. The molecule has 0 aliphatic heterocycles. The fourth-order valence-electron chi connectivity index (χ4n) is 5.39. The van der Waals surface area contributed by atoms with Crippen molar-refractivity contribution in [1.82, 2.24) is 0 Å². The van der Waals surface area contributed by atoms with Gasteiger partial charge in [-0.1, -0.05) is 114 Å². The molecule has 50 heavy (non-hydrogen) atoms. The van der Waals surface area contributed by atoms with Crippen LogP contribution in [-0.4, -0.2) is 36.6 Å². The summed E-state index contributed by atoms with van der Waals surface area (Å²) in [4.78, 5) is 22.5. The molecule has 9 nitrogen and oxygen atoms in total. The minimum absolute atomic E-state index is 0.134. The summed E-state index contributed by atoms with van der Waals surface area (Å²) in [6.45, 7) is 2.28. The number of benzene rings is 2. The third-order valence-electron chi connectivity index (χ3n) is 8.20. The van der Waals surface area contributed by atoms with Gasteiger partial charge in [-0.15, -0.1) is 0 Å². The second-order valence-corrected chi connectivity index (χ2v) is 12.5. The van der Waals surface area contributed by atoms with E-state index >= 15 is 0 Å². The predicted molar refractivity (Wildman–Crippen MR) is 200 cm³/mol. The van der Waals surface area contributed by atoms with Gasteiger partial charge >= 0.3 is 5.97 Å². The lowest BCUT2D eigenvalue weighted by Gasteiger charge is -2.08. The zero-order valence-corrected chi connectivity index (χ0v) is 29.5. The van der Waals surface area contributed by atoms with Crippen LogP contribution in [0, 0.1) is 0 Å². The molecular formula is C41H56O9. The lowest BCUT2D eigenvalue weighted by Crippen LogP contribution is -2.02. The van der Waals surface area contributed by atoms with Crippen molar-refractivity contribution in [2.75, 3.05) is 0 Å². The standard InChI is InChI=1S/C26H46O2.C15H10O7/c1-2-3-4-5-6-7-8-9-10-11-12-13-14-15-16-17-18-19-20-21-22-23-24-25-26(27)28;16-7-4-10(19)12-11(5-7)22-15(14(21)13(12)20)6-1-2-8(17)9(18)3-6/h15-16,18-19,21-22H,2-14,17,20,23-25H2,1H3,(H,27,28);1-5,16-19,21H. The fraction of sp³-hybridized carbons (Fsp3) is 0.463. The lowest BCUT2D eigenvalue weighted by atomic mass is 10.0. The van der Waals surface area contributed by atoms with Crippen molar-refractivity contribution in [2.45, 2.75) is 122 Å². The van der Waals surface area contributed by atoms with Gasteiger partial charge in [0.2, 0.25) is 11.2 Å². The third kappa shape index (κ3) is 16.2. The maximum atomic E-state index is 12.1. The number of phenols is 4. The highest BCUT2D eigenvalue weighted by atomic mass is 16.4. The van der Waals surface area contributed by atoms with Crippen molar-refractivity contribution in [3.8, 4) is 40.1 Å². The van der Waals surface area contributed by atoms with Crippen molar-refractivity contribution < 1.29 is 39.9 Å². The molecule has 0 saturated carbocycles. The Labute approximate surface area is 295 Å². The molecule has 0 spiro atoms. The molecule has 6 N–H and O–H groups in total. The molecular weight excluding hydrogens is 636 g/mol. The van der Waals surface area contributed by atoms with Crippen molar-refractivity contribution in [2.24, 2.45) is 0 Å². The Morgan fingerprint density at radius 2 is 1.18 bits per heavy atom. The van der Waals surface area contributed by atoms with Gasteiger partial charge in [0.05, 0.1) is 0 Å². The first kappa shape index (κ1) is 41.5. The van der Waals surface area contributed by atoms with E-state index in [1.807, 2.05) is 0 Å². The zero-order valence-electron chi connectivity index (χ0n) is 29.5. The van der Waals surface area contributed by atoms with Gasteiger partial charge in [-0.3, -0.25) is 9.59 Å².